The van der Waals surface area contributed by atoms with Gasteiger partial charge >= 0.3 is 0 Å². The molecule has 0 atom stereocenters. The minimum absolute atomic E-state index is 0.0661. The molecule has 27 heavy (non-hydrogen) atoms. The summed E-state index contributed by atoms with van der Waals surface area (Å²) in [6.45, 7) is 4.72. The van der Waals surface area contributed by atoms with Crippen LogP contribution in [0.2, 0.25) is 0 Å². The Bertz CT molecular complexity index is 776. The number of carbonyl (C=O) groups is 1. The molecule has 2 aromatic rings. The zero-order chi connectivity index (χ0) is 19.6. The summed E-state index contributed by atoms with van der Waals surface area (Å²) in [4.78, 5) is 15.6. The normalized spacial score (nSPS) is 11.0. The number of hydrogen-bond acceptors (Lipinski definition) is 3. The molecule has 0 aliphatic rings. The molecule has 1 amide bonds. The van der Waals surface area contributed by atoms with Gasteiger partial charge in [0.2, 0.25) is 11.6 Å². The lowest BCUT2D eigenvalue weighted by Crippen LogP contribution is -2.34. The molecular formula is C22H30N3OS+. The Hall–Kier alpha value is -2.27. The first-order valence-corrected chi connectivity index (χ1v) is 10.0. The van der Waals surface area contributed by atoms with Crippen LogP contribution in [0, 0.1) is 0 Å². The number of nitrogens with zero attached hydrogens (tertiary/aromatic N) is 3. The van der Waals surface area contributed by atoms with E-state index in [9.17, 15) is 4.79 Å². The highest BCUT2D eigenvalue weighted by atomic mass is 32.1. The molecular weight excluding hydrogens is 354 g/mol. The molecule has 1 heterocycles. The van der Waals surface area contributed by atoms with E-state index >= 15 is 0 Å². The van der Waals surface area contributed by atoms with E-state index in [4.69, 9.17) is 0 Å². The van der Waals surface area contributed by atoms with Gasteiger partial charge < -0.3 is 9.80 Å². The summed E-state index contributed by atoms with van der Waals surface area (Å²) in [6.07, 6.45) is 7.35. The molecule has 5 heteroatoms. The maximum absolute atomic E-state index is 11.6. The van der Waals surface area contributed by atoms with Crippen LogP contribution < -0.4 is 9.47 Å². The van der Waals surface area contributed by atoms with E-state index in [-0.39, 0.29) is 11.7 Å². The fourth-order valence-corrected chi connectivity index (χ4v) is 3.23. The molecule has 144 valence electrons. The molecule has 0 saturated carbocycles. The zero-order valence-corrected chi connectivity index (χ0v) is 17.4. The molecule has 1 aromatic heterocycles. The Morgan fingerprint density at radius 3 is 2.56 bits per heavy atom. The quantitative estimate of drug-likeness (QED) is 0.530. The number of aryl methyl sites for hydroxylation is 1. The van der Waals surface area contributed by atoms with Crippen molar-refractivity contribution in [3.8, 4) is 0 Å². The number of thiol groups is 1. The number of amides is 1. The third-order valence-electron chi connectivity index (χ3n) is 4.65. The van der Waals surface area contributed by atoms with Crippen LogP contribution in [-0.4, -0.2) is 43.7 Å². The van der Waals surface area contributed by atoms with Gasteiger partial charge in [0, 0.05) is 51.1 Å². The van der Waals surface area contributed by atoms with E-state index in [1.807, 2.05) is 7.05 Å². The van der Waals surface area contributed by atoms with E-state index in [0.29, 0.717) is 0 Å². The highest BCUT2D eigenvalue weighted by Gasteiger charge is 2.09. The molecule has 0 N–H and O–H groups in total. The lowest BCUT2D eigenvalue weighted by atomic mass is 10.1. The smallest absolute Gasteiger partial charge is 0.232 e. The first kappa shape index (κ1) is 21.0. The molecule has 0 radical (unpaired) electrons. The minimum atomic E-state index is 0.0661. The van der Waals surface area contributed by atoms with Crippen molar-refractivity contribution in [3.63, 3.8) is 0 Å². The second kappa shape index (κ2) is 10.8. The summed E-state index contributed by atoms with van der Waals surface area (Å²) in [7, 11) is 3.93. The Kier molecular flexibility index (Phi) is 8.40. The molecule has 0 bridgehead atoms. The van der Waals surface area contributed by atoms with Crippen LogP contribution in [0.15, 0.2) is 48.7 Å². The van der Waals surface area contributed by atoms with Gasteiger partial charge in [-0.15, -0.1) is 0 Å². The summed E-state index contributed by atoms with van der Waals surface area (Å²) in [5, 5.41) is 0. The van der Waals surface area contributed by atoms with Gasteiger partial charge in [-0.05, 0) is 37.1 Å². The van der Waals surface area contributed by atoms with Gasteiger partial charge in [0.05, 0.1) is 5.75 Å². The Labute approximate surface area is 168 Å². The standard InChI is InChI=1S/C22H29N3OS/c1-4-25-17-8-7-11-20(25)14-13-19-10-5-6-12-21(19)23(2)15-9-16-24(3)22(26)18-27/h5-8,10-14,17H,4,9,15-16,18H2,1-3H3/p+1. The van der Waals surface area contributed by atoms with Gasteiger partial charge in [0.25, 0.3) is 0 Å². The maximum atomic E-state index is 11.6. The van der Waals surface area contributed by atoms with Crippen molar-refractivity contribution in [2.75, 3.05) is 37.8 Å². The Morgan fingerprint density at radius 2 is 1.81 bits per heavy atom. The summed E-state index contributed by atoms with van der Waals surface area (Å²) in [5.74, 6) is 0.327. The first-order chi connectivity index (χ1) is 13.1. The summed E-state index contributed by atoms with van der Waals surface area (Å²) >= 11 is 4.04. The number of benzene rings is 1. The molecule has 0 fully saturated rings. The van der Waals surface area contributed by atoms with E-state index in [1.165, 1.54) is 16.9 Å². The molecule has 2 rings (SSSR count). The number of aromatic nitrogens is 1. The number of para-hydroxylation sites is 1. The van der Waals surface area contributed by atoms with Crippen LogP contribution in [-0.2, 0) is 11.3 Å². The van der Waals surface area contributed by atoms with Gasteiger partial charge in [0.1, 0.15) is 6.54 Å². The fourth-order valence-electron chi connectivity index (χ4n) is 2.99. The lowest BCUT2D eigenvalue weighted by molar-refractivity contribution is -0.695. The zero-order valence-electron chi connectivity index (χ0n) is 16.5. The van der Waals surface area contributed by atoms with Crippen molar-refractivity contribution >= 4 is 36.4 Å². The number of anilines is 1. The van der Waals surface area contributed by atoms with Crippen LogP contribution in [0.25, 0.3) is 12.2 Å². The summed E-state index contributed by atoms with van der Waals surface area (Å²) in [6, 6.07) is 14.6. The van der Waals surface area contributed by atoms with Gasteiger partial charge in [0.15, 0.2) is 6.20 Å². The summed E-state index contributed by atoms with van der Waals surface area (Å²) < 4.78 is 2.22. The van der Waals surface area contributed by atoms with Crippen LogP contribution in [0.5, 0.6) is 0 Å². The summed E-state index contributed by atoms with van der Waals surface area (Å²) in [5.41, 5.74) is 3.56. The van der Waals surface area contributed by atoms with Crippen LogP contribution in [0.1, 0.15) is 24.6 Å². The van der Waals surface area contributed by atoms with Crippen LogP contribution in [0.3, 0.4) is 0 Å². The topological polar surface area (TPSA) is 27.4 Å². The molecule has 1 aromatic carbocycles. The number of carbonyl (C=O) groups excluding carboxylic acids is 1. The van der Waals surface area contributed by atoms with Gasteiger partial charge in [-0.3, -0.25) is 4.79 Å². The van der Waals surface area contributed by atoms with Crippen molar-refractivity contribution < 1.29 is 9.36 Å². The largest absolute Gasteiger partial charge is 0.374 e. The average molecular weight is 385 g/mol. The monoisotopic (exact) mass is 384 g/mol. The first-order valence-electron chi connectivity index (χ1n) is 9.38. The van der Waals surface area contributed by atoms with Crippen LogP contribution in [0.4, 0.5) is 5.69 Å². The van der Waals surface area contributed by atoms with Gasteiger partial charge in [-0.2, -0.15) is 17.2 Å². The second-order valence-corrected chi connectivity index (χ2v) is 6.87. The van der Waals surface area contributed by atoms with E-state index < -0.39 is 0 Å². The van der Waals surface area contributed by atoms with Crippen LogP contribution >= 0.6 is 12.6 Å². The molecule has 4 nitrogen and oxygen atoms in total. The predicted octanol–water partition coefficient (Wildman–Crippen LogP) is 3.38. The van der Waals surface area contributed by atoms with Crippen molar-refractivity contribution in [1.29, 1.82) is 0 Å². The third kappa shape index (κ3) is 6.14. The predicted molar refractivity (Wildman–Crippen MR) is 117 cm³/mol. The van der Waals surface area contributed by atoms with Crippen molar-refractivity contribution in [3.05, 3.63) is 59.9 Å². The fraction of sp³-hybridized carbons (Fsp3) is 0.364. The molecule has 0 aliphatic heterocycles. The second-order valence-electron chi connectivity index (χ2n) is 6.55. The minimum Gasteiger partial charge on any atom is -0.374 e. The molecule has 0 saturated heterocycles. The van der Waals surface area contributed by atoms with E-state index in [0.717, 1.165) is 26.1 Å². The average Bonchev–Trinajstić information content (AvgIpc) is 2.71. The van der Waals surface area contributed by atoms with E-state index in [1.54, 1.807) is 4.90 Å². The van der Waals surface area contributed by atoms with Crippen molar-refractivity contribution in [2.24, 2.45) is 0 Å². The van der Waals surface area contributed by atoms with E-state index in [2.05, 4.69) is 96.9 Å². The highest BCUT2D eigenvalue weighted by molar-refractivity contribution is 7.81. The van der Waals surface area contributed by atoms with Crippen molar-refractivity contribution in [2.45, 2.75) is 19.9 Å². The SMILES string of the molecule is CC[n+]1ccccc1/C=C/c1ccccc1N(C)CCCN(C)C(=O)CS. The number of rotatable bonds is 9. The number of pyridine rings is 1. The molecule has 0 unspecified atom stereocenters. The van der Waals surface area contributed by atoms with Crippen molar-refractivity contribution in [1.82, 2.24) is 4.90 Å². The Morgan fingerprint density at radius 1 is 1.07 bits per heavy atom. The Balaban J connectivity index is 2.06. The molecule has 0 aliphatic carbocycles. The molecule has 0 spiro atoms. The van der Waals surface area contributed by atoms with Gasteiger partial charge in [-0.25, -0.2) is 0 Å². The highest BCUT2D eigenvalue weighted by Crippen LogP contribution is 2.21. The maximum Gasteiger partial charge on any atom is 0.232 e. The van der Waals surface area contributed by atoms with Gasteiger partial charge in [-0.1, -0.05) is 18.2 Å². The lowest BCUT2D eigenvalue weighted by Gasteiger charge is -2.23. The third-order valence-corrected chi connectivity index (χ3v) is 4.92. The number of hydrogen-bond donors (Lipinski definition) is 1.